The Labute approximate surface area is 220 Å². The second-order valence-corrected chi connectivity index (χ2v) is 11.0. The van der Waals surface area contributed by atoms with Crippen molar-refractivity contribution in [1.29, 1.82) is 0 Å². The van der Waals surface area contributed by atoms with Crippen LogP contribution >= 0.6 is 0 Å². The highest BCUT2D eigenvalue weighted by Gasteiger charge is 2.21. The van der Waals surface area contributed by atoms with Crippen molar-refractivity contribution in [1.82, 2.24) is 30.2 Å². The first-order chi connectivity index (χ1) is 18.8. The summed E-state index contributed by atoms with van der Waals surface area (Å²) in [6.45, 7) is 1.05. The first-order valence-electron chi connectivity index (χ1n) is 13.9. The quantitative estimate of drug-likeness (QED) is 0.236. The van der Waals surface area contributed by atoms with Crippen LogP contribution in [0.25, 0.3) is 55.2 Å². The largest absolute Gasteiger partial charge is 0.343 e. The summed E-state index contributed by atoms with van der Waals surface area (Å²) >= 11 is 0. The highest BCUT2D eigenvalue weighted by atomic mass is 15.1. The maximum Gasteiger partial charge on any atom is 0.177 e. The Kier molecular flexibility index (Phi) is 5.08. The van der Waals surface area contributed by atoms with Gasteiger partial charge in [-0.05, 0) is 90.4 Å². The van der Waals surface area contributed by atoms with Crippen molar-refractivity contribution >= 4 is 33.0 Å². The fourth-order valence-electron chi connectivity index (χ4n) is 6.42. The molecule has 6 heteroatoms. The number of aromatic amines is 2. The smallest absolute Gasteiger partial charge is 0.177 e. The third-order valence-corrected chi connectivity index (χ3v) is 8.54. The van der Waals surface area contributed by atoms with Crippen LogP contribution in [0, 0.1) is 0 Å². The van der Waals surface area contributed by atoms with Crippen LogP contribution < -0.4 is 5.32 Å². The van der Waals surface area contributed by atoms with Crippen LogP contribution in [0.1, 0.15) is 62.0 Å². The summed E-state index contributed by atoms with van der Waals surface area (Å²) in [5.74, 6) is 1.66. The summed E-state index contributed by atoms with van der Waals surface area (Å²) in [6, 6.07) is 20.4. The second-order valence-electron chi connectivity index (χ2n) is 11.0. The number of nitrogens with one attached hydrogen (secondary N) is 3. The Hall–Kier alpha value is -4.03. The van der Waals surface area contributed by atoms with Crippen LogP contribution in [0.5, 0.6) is 0 Å². The summed E-state index contributed by atoms with van der Waals surface area (Å²) in [7, 11) is 0. The van der Waals surface area contributed by atoms with Crippen LogP contribution in [-0.2, 0) is 0 Å². The van der Waals surface area contributed by atoms with Crippen LogP contribution in [0.4, 0.5) is 0 Å². The minimum absolute atomic E-state index is 0.310. The molecule has 1 saturated heterocycles. The van der Waals surface area contributed by atoms with Gasteiger partial charge in [0.1, 0.15) is 11.5 Å². The van der Waals surface area contributed by atoms with Gasteiger partial charge in [-0.3, -0.25) is 0 Å². The Morgan fingerprint density at radius 3 is 2.16 bits per heavy atom. The molecule has 6 aromatic rings. The molecule has 1 aliphatic carbocycles. The molecular weight excluding hydrogens is 468 g/mol. The van der Waals surface area contributed by atoms with E-state index in [2.05, 4.69) is 74.9 Å². The van der Waals surface area contributed by atoms with E-state index in [-0.39, 0.29) is 0 Å². The summed E-state index contributed by atoms with van der Waals surface area (Å²) in [5, 5.41) is 7.15. The summed E-state index contributed by atoms with van der Waals surface area (Å²) < 4.78 is 0. The minimum atomic E-state index is 0.310. The molecule has 4 aromatic heterocycles. The molecule has 188 valence electrons. The zero-order valence-corrected chi connectivity index (χ0v) is 21.3. The Bertz CT molecular complexity index is 1670. The van der Waals surface area contributed by atoms with Gasteiger partial charge in [0.15, 0.2) is 5.65 Å². The van der Waals surface area contributed by atoms with Crippen LogP contribution in [0.15, 0.2) is 67.0 Å². The fourth-order valence-corrected chi connectivity index (χ4v) is 6.42. The molecule has 0 radical (unpaired) electrons. The summed E-state index contributed by atoms with van der Waals surface area (Å²) in [5.41, 5.74) is 8.72. The number of imidazole rings is 1. The van der Waals surface area contributed by atoms with E-state index in [1.165, 1.54) is 59.5 Å². The molecule has 5 heterocycles. The van der Waals surface area contributed by atoms with Gasteiger partial charge in [0.05, 0.1) is 11.6 Å². The average Bonchev–Trinajstić information content (AvgIpc) is 3.77. The summed E-state index contributed by atoms with van der Waals surface area (Å²) in [6.07, 6.45) is 11.5. The number of rotatable bonds is 4. The molecule has 6 nitrogen and oxygen atoms in total. The Morgan fingerprint density at radius 1 is 0.658 bits per heavy atom. The van der Waals surface area contributed by atoms with Gasteiger partial charge in [-0.1, -0.05) is 37.1 Å². The first-order valence-corrected chi connectivity index (χ1v) is 13.9. The molecule has 2 aromatic carbocycles. The van der Waals surface area contributed by atoms with E-state index < -0.39 is 0 Å². The van der Waals surface area contributed by atoms with E-state index in [0.717, 1.165) is 52.3 Å². The molecule has 38 heavy (non-hydrogen) atoms. The second kappa shape index (κ2) is 8.77. The lowest BCUT2D eigenvalue weighted by atomic mass is 9.98. The maximum atomic E-state index is 4.76. The molecule has 3 N–H and O–H groups in total. The molecule has 1 saturated carbocycles. The van der Waals surface area contributed by atoms with Gasteiger partial charge in [-0.2, -0.15) is 0 Å². The van der Waals surface area contributed by atoms with Gasteiger partial charge in [0.25, 0.3) is 0 Å². The van der Waals surface area contributed by atoms with Crippen molar-refractivity contribution in [2.75, 3.05) is 6.54 Å². The number of pyridine rings is 2. The van der Waals surface area contributed by atoms with Crippen LogP contribution in [0.3, 0.4) is 0 Å². The number of fused-ring (bicyclic) bond motifs is 3. The highest BCUT2D eigenvalue weighted by Crippen LogP contribution is 2.36. The normalized spacial score (nSPS) is 18.4. The number of aromatic nitrogens is 5. The first kappa shape index (κ1) is 22.0. The van der Waals surface area contributed by atoms with E-state index in [4.69, 9.17) is 9.97 Å². The van der Waals surface area contributed by atoms with Crippen molar-refractivity contribution in [3.8, 4) is 22.3 Å². The minimum Gasteiger partial charge on any atom is -0.343 e. The molecule has 0 unspecified atom stereocenters. The topological polar surface area (TPSA) is 82.3 Å². The predicted molar refractivity (Wildman–Crippen MR) is 153 cm³/mol. The summed E-state index contributed by atoms with van der Waals surface area (Å²) in [4.78, 5) is 21.2. The SMILES string of the molecule is c1cc2cc(-c3cnc4nc([C@@H]5CCCN5)[nH]c4c3)ccc2cc1-c1cnc2[nH]c(C3CCCC3)cc2c1. The fraction of sp³-hybridized carbons (Fsp3) is 0.281. The lowest BCUT2D eigenvalue weighted by Gasteiger charge is -2.07. The average molecular weight is 499 g/mol. The number of benzene rings is 2. The van der Waals surface area contributed by atoms with E-state index >= 15 is 0 Å². The van der Waals surface area contributed by atoms with Crippen LogP contribution in [0.2, 0.25) is 0 Å². The lowest BCUT2D eigenvalue weighted by molar-refractivity contribution is 0.614. The number of hydrogen-bond acceptors (Lipinski definition) is 4. The van der Waals surface area contributed by atoms with Crippen molar-refractivity contribution in [2.45, 2.75) is 50.5 Å². The van der Waals surface area contributed by atoms with Crippen molar-refractivity contribution in [3.63, 3.8) is 0 Å². The van der Waals surface area contributed by atoms with Gasteiger partial charge in [0.2, 0.25) is 0 Å². The van der Waals surface area contributed by atoms with E-state index in [9.17, 15) is 0 Å². The van der Waals surface area contributed by atoms with Gasteiger partial charge < -0.3 is 15.3 Å². The van der Waals surface area contributed by atoms with Crippen molar-refractivity contribution < 1.29 is 0 Å². The van der Waals surface area contributed by atoms with Crippen molar-refractivity contribution in [3.05, 3.63) is 78.5 Å². The molecule has 0 spiro atoms. The van der Waals surface area contributed by atoms with Crippen molar-refractivity contribution in [2.24, 2.45) is 0 Å². The zero-order chi connectivity index (χ0) is 25.1. The van der Waals surface area contributed by atoms with E-state index in [1.54, 1.807) is 0 Å². The molecular formula is C32H30N6. The molecule has 2 aliphatic rings. The zero-order valence-electron chi connectivity index (χ0n) is 21.3. The number of H-pyrrole nitrogens is 2. The number of hydrogen-bond donors (Lipinski definition) is 3. The molecule has 1 atom stereocenters. The molecule has 0 bridgehead atoms. The Morgan fingerprint density at radius 2 is 1.39 bits per heavy atom. The molecule has 2 fully saturated rings. The van der Waals surface area contributed by atoms with E-state index in [0.29, 0.717) is 12.0 Å². The molecule has 0 amide bonds. The highest BCUT2D eigenvalue weighted by molar-refractivity contribution is 5.92. The standard InChI is InChI=1S/C32H30N6/c1-2-5-19(4-1)28-15-24-14-25(17-34-30(24)36-28)22-9-7-21-13-23(10-8-20(21)12-22)26-16-29-31(35-18-26)38-32(37-29)27-6-3-11-33-27/h7-10,12-19,27,33H,1-6,11H2,(H,34,36)(H,35,37,38)/t27-/m0/s1. The molecule has 8 rings (SSSR count). The maximum absolute atomic E-state index is 4.76. The predicted octanol–water partition coefficient (Wildman–Crippen LogP) is 7.40. The van der Waals surface area contributed by atoms with Gasteiger partial charge >= 0.3 is 0 Å². The number of nitrogens with zero attached hydrogens (tertiary/aromatic N) is 3. The van der Waals surface area contributed by atoms with Gasteiger partial charge in [-0.15, -0.1) is 0 Å². The molecule has 1 aliphatic heterocycles. The Balaban J connectivity index is 1.10. The third-order valence-electron chi connectivity index (χ3n) is 8.54. The van der Waals surface area contributed by atoms with Crippen LogP contribution in [-0.4, -0.2) is 31.5 Å². The monoisotopic (exact) mass is 498 g/mol. The van der Waals surface area contributed by atoms with Gasteiger partial charge in [-0.25, -0.2) is 15.0 Å². The third kappa shape index (κ3) is 3.79. The van der Waals surface area contributed by atoms with E-state index in [1.807, 2.05) is 12.4 Å². The lowest BCUT2D eigenvalue weighted by Crippen LogP contribution is -2.14. The van der Waals surface area contributed by atoms with Gasteiger partial charge in [0, 0.05) is 34.6 Å².